The van der Waals surface area contributed by atoms with Crippen LogP contribution in [0.15, 0.2) is 11.6 Å². The van der Waals surface area contributed by atoms with Crippen molar-refractivity contribution in [2.24, 2.45) is 17.8 Å². The van der Waals surface area contributed by atoms with Crippen LogP contribution >= 0.6 is 0 Å². The predicted octanol–water partition coefficient (Wildman–Crippen LogP) is 2.75. The second-order valence-corrected chi connectivity index (χ2v) is 3.71. The first-order valence-electron chi connectivity index (χ1n) is 4.22. The number of nitrogens with zero attached hydrogens (tertiary/aromatic N) is 1. The zero-order valence-corrected chi connectivity index (χ0v) is 7.46. The Labute approximate surface area is 68.7 Å². The average molecular weight is 149 g/mol. The van der Waals surface area contributed by atoms with Crippen LogP contribution in [0.25, 0.3) is 0 Å². The van der Waals surface area contributed by atoms with Crippen molar-refractivity contribution in [1.29, 1.82) is 5.26 Å². The largest absolute Gasteiger partial charge is 0.198 e. The Balaban J connectivity index is 2.79. The van der Waals surface area contributed by atoms with Gasteiger partial charge in [0, 0.05) is 0 Å². The van der Waals surface area contributed by atoms with E-state index >= 15 is 0 Å². The van der Waals surface area contributed by atoms with Gasteiger partial charge >= 0.3 is 0 Å². The van der Waals surface area contributed by atoms with Crippen molar-refractivity contribution in [3.8, 4) is 6.07 Å². The van der Waals surface area contributed by atoms with Crippen LogP contribution < -0.4 is 0 Å². The number of rotatable bonds is 0. The molecule has 0 amide bonds. The quantitative estimate of drug-likeness (QED) is 0.486. The summed E-state index contributed by atoms with van der Waals surface area (Å²) in [5, 5.41) is 8.84. The first-order valence-corrected chi connectivity index (χ1v) is 4.22. The van der Waals surface area contributed by atoms with Gasteiger partial charge in [-0.2, -0.15) is 5.26 Å². The molecule has 0 saturated heterocycles. The van der Waals surface area contributed by atoms with Crippen LogP contribution in [0, 0.1) is 29.1 Å². The van der Waals surface area contributed by atoms with Crippen molar-refractivity contribution in [2.75, 3.05) is 0 Å². The molecule has 11 heavy (non-hydrogen) atoms. The summed E-state index contributed by atoms with van der Waals surface area (Å²) in [7, 11) is 0. The highest BCUT2D eigenvalue weighted by Crippen LogP contribution is 2.32. The van der Waals surface area contributed by atoms with Gasteiger partial charge in [0.25, 0.3) is 0 Å². The van der Waals surface area contributed by atoms with Crippen LogP contribution in [0.5, 0.6) is 0 Å². The lowest BCUT2D eigenvalue weighted by atomic mass is 9.76. The van der Waals surface area contributed by atoms with Crippen molar-refractivity contribution >= 4 is 0 Å². The standard InChI is InChI=1S/C10H15N/c1-7-4-8(2)10(6-11)9(3)5-7/h4,8-10H,5H2,1-3H3. The molecule has 0 aliphatic heterocycles. The smallest absolute Gasteiger partial charge is 0.0664 e. The molecule has 1 aliphatic carbocycles. The average Bonchev–Trinajstić information content (AvgIpc) is 1.85. The maximum Gasteiger partial charge on any atom is 0.0664 e. The van der Waals surface area contributed by atoms with E-state index in [1.165, 1.54) is 5.57 Å². The molecule has 3 atom stereocenters. The number of hydrogen-bond acceptors (Lipinski definition) is 1. The van der Waals surface area contributed by atoms with Gasteiger partial charge in [0.05, 0.1) is 12.0 Å². The van der Waals surface area contributed by atoms with E-state index in [9.17, 15) is 0 Å². The van der Waals surface area contributed by atoms with E-state index in [4.69, 9.17) is 5.26 Å². The summed E-state index contributed by atoms with van der Waals surface area (Å²) in [5.74, 6) is 1.22. The minimum Gasteiger partial charge on any atom is -0.198 e. The molecular formula is C10H15N. The Bertz CT molecular complexity index is 209. The lowest BCUT2D eigenvalue weighted by Crippen LogP contribution is -2.21. The predicted molar refractivity (Wildman–Crippen MR) is 45.8 cm³/mol. The fraction of sp³-hybridized carbons (Fsp3) is 0.700. The fourth-order valence-corrected chi connectivity index (χ4v) is 2.02. The first kappa shape index (κ1) is 8.33. The van der Waals surface area contributed by atoms with Crippen LogP contribution in [0.1, 0.15) is 27.2 Å². The molecule has 0 bridgehead atoms. The van der Waals surface area contributed by atoms with Gasteiger partial charge in [0.15, 0.2) is 0 Å². The SMILES string of the molecule is CC1=CC(C)C(C#N)C(C)C1. The van der Waals surface area contributed by atoms with E-state index in [0.717, 1.165) is 6.42 Å². The second kappa shape index (κ2) is 3.09. The van der Waals surface area contributed by atoms with Crippen LogP contribution in [-0.2, 0) is 0 Å². The molecule has 1 heteroatoms. The molecule has 1 rings (SSSR count). The van der Waals surface area contributed by atoms with E-state index in [-0.39, 0.29) is 5.92 Å². The van der Waals surface area contributed by atoms with E-state index in [2.05, 4.69) is 32.9 Å². The zero-order chi connectivity index (χ0) is 8.43. The monoisotopic (exact) mass is 149 g/mol. The van der Waals surface area contributed by atoms with Gasteiger partial charge in [-0.15, -0.1) is 0 Å². The van der Waals surface area contributed by atoms with Crippen LogP contribution in [0.3, 0.4) is 0 Å². The normalized spacial score (nSPS) is 37.6. The molecule has 1 aliphatic rings. The summed E-state index contributed by atoms with van der Waals surface area (Å²) >= 11 is 0. The zero-order valence-electron chi connectivity index (χ0n) is 7.46. The highest BCUT2D eigenvalue weighted by molar-refractivity contribution is 5.12. The number of allylic oxidation sites excluding steroid dienone is 2. The Morgan fingerprint density at radius 3 is 2.64 bits per heavy atom. The third kappa shape index (κ3) is 1.63. The molecule has 0 aromatic rings. The van der Waals surface area contributed by atoms with Crippen molar-refractivity contribution in [1.82, 2.24) is 0 Å². The van der Waals surface area contributed by atoms with E-state index in [0.29, 0.717) is 11.8 Å². The lowest BCUT2D eigenvalue weighted by molar-refractivity contribution is 0.342. The molecule has 0 N–H and O–H groups in total. The summed E-state index contributed by atoms with van der Waals surface area (Å²) in [4.78, 5) is 0. The lowest BCUT2D eigenvalue weighted by Gasteiger charge is -2.27. The highest BCUT2D eigenvalue weighted by atomic mass is 14.3. The van der Waals surface area contributed by atoms with Gasteiger partial charge in [0.1, 0.15) is 0 Å². The van der Waals surface area contributed by atoms with E-state index < -0.39 is 0 Å². The van der Waals surface area contributed by atoms with Crippen molar-refractivity contribution in [3.05, 3.63) is 11.6 Å². The van der Waals surface area contributed by atoms with Gasteiger partial charge < -0.3 is 0 Å². The van der Waals surface area contributed by atoms with Crippen LogP contribution in [0.2, 0.25) is 0 Å². The van der Waals surface area contributed by atoms with Crippen LogP contribution in [0.4, 0.5) is 0 Å². The molecule has 3 unspecified atom stereocenters. The Kier molecular flexibility index (Phi) is 2.34. The Morgan fingerprint density at radius 1 is 1.55 bits per heavy atom. The third-order valence-electron chi connectivity index (χ3n) is 2.52. The topological polar surface area (TPSA) is 23.8 Å². The molecular weight excluding hydrogens is 134 g/mol. The first-order chi connectivity index (χ1) is 5.15. The Morgan fingerprint density at radius 2 is 2.18 bits per heavy atom. The highest BCUT2D eigenvalue weighted by Gasteiger charge is 2.25. The fourth-order valence-electron chi connectivity index (χ4n) is 2.02. The minimum atomic E-state index is 0.235. The number of nitriles is 1. The van der Waals surface area contributed by atoms with Gasteiger partial charge in [0.2, 0.25) is 0 Å². The molecule has 1 nitrogen and oxygen atoms in total. The maximum absolute atomic E-state index is 8.84. The van der Waals surface area contributed by atoms with E-state index in [1.54, 1.807) is 0 Å². The van der Waals surface area contributed by atoms with Crippen molar-refractivity contribution in [2.45, 2.75) is 27.2 Å². The van der Waals surface area contributed by atoms with Gasteiger partial charge in [-0.1, -0.05) is 25.5 Å². The molecule has 0 spiro atoms. The summed E-state index contributed by atoms with van der Waals surface area (Å²) in [5.41, 5.74) is 1.44. The van der Waals surface area contributed by atoms with Gasteiger partial charge in [-0.05, 0) is 25.2 Å². The van der Waals surface area contributed by atoms with Crippen molar-refractivity contribution in [3.63, 3.8) is 0 Å². The third-order valence-corrected chi connectivity index (χ3v) is 2.52. The molecule has 0 aromatic carbocycles. The Hall–Kier alpha value is -0.770. The molecule has 0 radical (unpaired) electrons. The molecule has 60 valence electrons. The van der Waals surface area contributed by atoms with Crippen molar-refractivity contribution < 1.29 is 0 Å². The molecule has 0 saturated carbocycles. The minimum absolute atomic E-state index is 0.235. The summed E-state index contributed by atoms with van der Waals surface area (Å²) in [6, 6.07) is 2.38. The molecule has 0 heterocycles. The van der Waals surface area contributed by atoms with Gasteiger partial charge in [-0.3, -0.25) is 0 Å². The molecule has 0 aromatic heterocycles. The van der Waals surface area contributed by atoms with Crippen LogP contribution in [-0.4, -0.2) is 0 Å². The van der Waals surface area contributed by atoms with E-state index in [1.807, 2.05) is 0 Å². The van der Waals surface area contributed by atoms with Gasteiger partial charge in [-0.25, -0.2) is 0 Å². The summed E-state index contributed by atoms with van der Waals surface area (Å²) in [6.07, 6.45) is 3.33. The summed E-state index contributed by atoms with van der Waals surface area (Å²) in [6.45, 7) is 6.45. The number of hydrogen-bond donors (Lipinski definition) is 0. The molecule has 0 fully saturated rings. The maximum atomic E-state index is 8.84. The second-order valence-electron chi connectivity index (χ2n) is 3.71. The summed E-state index contributed by atoms with van der Waals surface area (Å²) < 4.78 is 0.